The standard InChI is InChI=1S/C24H30N4O4/c1-27-10-8-21(30)23-19(16-5-3-2-4-6-16)14-28(20(23)15-27)22(31)7-9-26-24(32)17-11-18(29)13-25-12-17/h2-6,11-13,19-21,23,29-30H,7-10,14-15H2,1H3,(H,26,32)/t19-,20+,21+,23-/m0/s1. The average Bonchev–Trinajstić information content (AvgIpc) is 3.10. The van der Waals surface area contributed by atoms with Crippen molar-refractivity contribution in [3.05, 3.63) is 59.9 Å². The smallest absolute Gasteiger partial charge is 0.252 e. The number of nitrogens with zero attached hydrogens (tertiary/aromatic N) is 3. The molecule has 2 aliphatic rings. The number of benzene rings is 1. The molecule has 3 N–H and O–H groups in total. The number of pyridine rings is 1. The summed E-state index contributed by atoms with van der Waals surface area (Å²) in [6.07, 6.45) is 3.02. The van der Waals surface area contributed by atoms with Crippen molar-refractivity contribution in [2.24, 2.45) is 5.92 Å². The molecule has 1 aromatic carbocycles. The first-order valence-electron chi connectivity index (χ1n) is 11.1. The number of aromatic hydroxyl groups is 1. The van der Waals surface area contributed by atoms with Gasteiger partial charge in [-0.1, -0.05) is 30.3 Å². The highest BCUT2D eigenvalue weighted by molar-refractivity contribution is 5.94. The minimum absolute atomic E-state index is 0.0146. The highest BCUT2D eigenvalue weighted by Gasteiger charge is 2.48. The van der Waals surface area contributed by atoms with Crippen LogP contribution in [0.15, 0.2) is 48.8 Å². The van der Waals surface area contributed by atoms with E-state index in [4.69, 9.17) is 0 Å². The fraction of sp³-hybridized carbons (Fsp3) is 0.458. The second-order valence-electron chi connectivity index (χ2n) is 8.76. The highest BCUT2D eigenvalue weighted by Crippen LogP contribution is 2.42. The number of aliphatic hydroxyl groups excluding tert-OH is 1. The van der Waals surface area contributed by atoms with E-state index in [0.717, 1.165) is 18.7 Å². The lowest BCUT2D eigenvalue weighted by Crippen LogP contribution is -2.45. The van der Waals surface area contributed by atoms with Crippen LogP contribution in [0.4, 0.5) is 0 Å². The Hall–Kier alpha value is -2.97. The Labute approximate surface area is 187 Å². The largest absolute Gasteiger partial charge is 0.506 e. The summed E-state index contributed by atoms with van der Waals surface area (Å²) < 4.78 is 0. The number of hydrogen-bond acceptors (Lipinski definition) is 6. The first-order chi connectivity index (χ1) is 15.4. The molecule has 3 heterocycles. The Morgan fingerprint density at radius 3 is 2.72 bits per heavy atom. The van der Waals surface area contributed by atoms with Gasteiger partial charge in [-0.25, -0.2) is 0 Å². The van der Waals surface area contributed by atoms with Gasteiger partial charge in [0.2, 0.25) is 5.91 Å². The third-order valence-electron chi connectivity index (χ3n) is 6.61. The molecular formula is C24H30N4O4. The zero-order valence-electron chi connectivity index (χ0n) is 18.2. The molecule has 0 unspecified atom stereocenters. The van der Waals surface area contributed by atoms with E-state index in [2.05, 4.69) is 27.3 Å². The van der Waals surface area contributed by atoms with Gasteiger partial charge in [0.05, 0.1) is 23.9 Å². The van der Waals surface area contributed by atoms with E-state index in [1.807, 2.05) is 30.1 Å². The third kappa shape index (κ3) is 4.76. The Bertz CT molecular complexity index is 954. The molecule has 4 rings (SSSR count). The minimum atomic E-state index is -0.467. The van der Waals surface area contributed by atoms with Gasteiger partial charge in [-0.05, 0) is 25.1 Å². The Morgan fingerprint density at radius 1 is 1.19 bits per heavy atom. The highest BCUT2D eigenvalue weighted by atomic mass is 16.3. The van der Waals surface area contributed by atoms with Crippen LogP contribution in [0.25, 0.3) is 0 Å². The Kier molecular flexibility index (Phi) is 6.72. The molecule has 1 aromatic heterocycles. The molecule has 0 bridgehead atoms. The maximum Gasteiger partial charge on any atom is 0.252 e. The molecule has 32 heavy (non-hydrogen) atoms. The molecule has 4 atom stereocenters. The van der Waals surface area contributed by atoms with Crippen molar-refractivity contribution in [1.29, 1.82) is 0 Å². The lowest BCUT2D eigenvalue weighted by molar-refractivity contribution is -0.132. The van der Waals surface area contributed by atoms with Crippen LogP contribution in [-0.2, 0) is 4.79 Å². The van der Waals surface area contributed by atoms with Crippen LogP contribution in [0.1, 0.15) is 34.7 Å². The van der Waals surface area contributed by atoms with Crippen molar-refractivity contribution in [2.45, 2.75) is 30.9 Å². The Balaban J connectivity index is 1.45. The molecule has 8 heteroatoms. The number of carbonyl (C=O) groups excluding carboxylic acids is 2. The van der Waals surface area contributed by atoms with E-state index < -0.39 is 6.10 Å². The van der Waals surface area contributed by atoms with Crippen molar-refractivity contribution in [3.63, 3.8) is 0 Å². The molecule has 2 aliphatic heterocycles. The van der Waals surface area contributed by atoms with Crippen molar-refractivity contribution < 1.29 is 19.8 Å². The quantitative estimate of drug-likeness (QED) is 0.648. The summed E-state index contributed by atoms with van der Waals surface area (Å²) in [5, 5.41) is 23.2. The number of rotatable bonds is 5. The maximum atomic E-state index is 13.2. The van der Waals surface area contributed by atoms with Gasteiger partial charge >= 0.3 is 0 Å². The van der Waals surface area contributed by atoms with Gasteiger partial charge in [0.25, 0.3) is 5.91 Å². The van der Waals surface area contributed by atoms with Crippen molar-refractivity contribution in [3.8, 4) is 5.75 Å². The molecule has 2 amide bonds. The van der Waals surface area contributed by atoms with Crippen molar-refractivity contribution >= 4 is 11.8 Å². The number of amides is 2. The molecule has 170 valence electrons. The van der Waals surface area contributed by atoms with Crippen LogP contribution in [0, 0.1) is 5.92 Å². The topological polar surface area (TPSA) is 106 Å². The van der Waals surface area contributed by atoms with Crippen LogP contribution >= 0.6 is 0 Å². The summed E-state index contributed by atoms with van der Waals surface area (Å²) in [6, 6.07) is 11.4. The summed E-state index contributed by atoms with van der Waals surface area (Å²) >= 11 is 0. The van der Waals surface area contributed by atoms with Crippen molar-refractivity contribution in [1.82, 2.24) is 20.1 Å². The van der Waals surface area contributed by atoms with Gasteiger partial charge in [0.15, 0.2) is 0 Å². The van der Waals surface area contributed by atoms with Crippen molar-refractivity contribution in [2.75, 3.05) is 33.2 Å². The lowest BCUT2D eigenvalue weighted by atomic mass is 9.81. The number of likely N-dealkylation sites (N-methyl/N-ethyl adjacent to an activating group) is 1. The van der Waals surface area contributed by atoms with Gasteiger partial charge in [0.1, 0.15) is 5.75 Å². The van der Waals surface area contributed by atoms with E-state index in [-0.39, 0.29) is 54.0 Å². The van der Waals surface area contributed by atoms with E-state index >= 15 is 0 Å². The number of carbonyl (C=O) groups is 2. The first-order valence-corrected chi connectivity index (χ1v) is 11.1. The molecule has 0 saturated carbocycles. The van der Waals surface area contributed by atoms with Crippen LogP contribution in [0.3, 0.4) is 0 Å². The molecular weight excluding hydrogens is 408 g/mol. The summed E-state index contributed by atoms with van der Waals surface area (Å²) in [7, 11) is 2.02. The molecule has 0 aliphatic carbocycles. The predicted octanol–water partition coefficient (Wildman–Crippen LogP) is 1.21. The molecule has 0 radical (unpaired) electrons. The molecule has 8 nitrogen and oxygen atoms in total. The zero-order valence-corrected chi connectivity index (χ0v) is 18.2. The molecule has 2 aromatic rings. The molecule has 2 saturated heterocycles. The van der Waals surface area contributed by atoms with E-state index in [1.54, 1.807) is 0 Å². The van der Waals surface area contributed by atoms with Crippen LogP contribution in [0.5, 0.6) is 5.75 Å². The summed E-state index contributed by atoms with van der Waals surface area (Å²) in [5.74, 6) is -0.429. The second kappa shape index (κ2) is 9.67. The Morgan fingerprint density at radius 2 is 1.97 bits per heavy atom. The normalized spacial score (nSPS) is 25.8. The summed E-state index contributed by atoms with van der Waals surface area (Å²) in [4.78, 5) is 33.3. The number of aliphatic hydroxyl groups is 1. The predicted molar refractivity (Wildman–Crippen MR) is 119 cm³/mol. The van der Waals surface area contributed by atoms with Gasteiger partial charge in [-0.2, -0.15) is 0 Å². The number of nitrogens with one attached hydrogen (secondary N) is 1. The van der Waals surface area contributed by atoms with E-state index in [1.165, 1.54) is 18.5 Å². The van der Waals surface area contributed by atoms with Gasteiger partial charge in [-0.3, -0.25) is 14.6 Å². The average molecular weight is 439 g/mol. The van der Waals surface area contributed by atoms with E-state index in [9.17, 15) is 19.8 Å². The minimum Gasteiger partial charge on any atom is -0.506 e. The third-order valence-corrected chi connectivity index (χ3v) is 6.61. The number of hydrogen-bond donors (Lipinski definition) is 3. The molecule has 2 fully saturated rings. The summed E-state index contributed by atoms with van der Waals surface area (Å²) in [6.45, 7) is 2.27. The number of fused-ring (bicyclic) bond motifs is 1. The molecule has 0 spiro atoms. The first kappa shape index (κ1) is 22.2. The zero-order chi connectivity index (χ0) is 22.7. The van der Waals surface area contributed by atoms with Gasteiger partial charge < -0.3 is 25.3 Å². The lowest BCUT2D eigenvalue weighted by Gasteiger charge is -2.30. The van der Waals surface area contributed by atoms with Crippen LogP contribution in [0.2, 0.25) is 0 Å². The van der Waals surface area contributed by atoms with Gasteiger partial charge in [0, 0.05) is 50.6 Å². The fourth-order valence-corrected chi connectivity index (χ4v) is 5.04. The monoisotopic (exact) mass is 438 g/mol. The SMILES string of the molecule is CN1CC[C@@H](O)[C@@H]2[C@@H](C1)N(C(=O)CCNC(=O)c1cncc(O)c1)C[C@H]2c1ccccc1. The summed E-state index contributed by atoms with van der Waals surface area (Å²) in [5.41, 5.74) is 1.39. The number of likely N-dealkylation sites (tertiary alicyclic amines) is 2. The van der Waals surface area contributed by atoms with Gasteiger partial charge in [-0.15, -0.1) is 0 Å². The maximum absolute atomic E-state index is 13.2. The van der Waals surface area contributed by atoms with Crippen LogP contribution < -0.4 is 5.32 Å². The number of aromatic nitrogens is 1. The van der Waals surface area contributed by atoms with E-state index in [0.29, 0.717) is 13.0 Å². The fourth-order valence-electron chi connectivity index (χ4n) is 5.04. The second-order valence-corrected chi connectivity index (χ2v) is 8.76. The van der Waals surface area contributed by atoms with Crippen LogP contribution in [-0.4, -0.2) is 82.2 Å².